The monoisotopic (exact) mass is 307 g/mol. The van der Waals surface area contributed by atoms with Crippen molar-refractivity contribution >= 4 is 11.6 Å². The summed E-state index contributed by atoms with van der Waals surface area (Å²) in [5, 5.41) is 4.90. The number of benzene rings is 1. The third kappa shape index (κ3) is 4.56. The molecule has 2 N–H and O–H groups in total. The van der Waals surface area contributed by atoms with Crippen LogP contribution in [-0.4, -0.2) is 23.5 Å². The van der Waals surface area contributed by atoms with Crippen LogP contribution in [0.25, 0.3) is 0 Å². The van der Waals surface area contributed by atoms with Gasteiger partial charge < -0.3 is 10.5 Å². The third-order valence-corrected chi connectivity index (χ3v) is 3.81. The maximum Gasteiger partial charge on any atom is 0.0834 e. The lowest BCUT2D eigenvalue weighted by molar-refractivity contribution is 0.182. The molecule has 0 aliphatic heterocycles. The third-order valence-electron chi connectivity index (χ3n) is 3.52. The second kappa shape index (κ2) is 8.17. The number of halogens is 1. The zero-order valence-electron chi connectivity index (χ0n) is 12.3. The molecule has 1 unspecified atom stereocenters. The van der Waals surface area contributed by atoms with Gasteiger partial charge in [-0.2, -0.15) is 5.10 Å². The molecule has 2 rings (SSSR count). The van der Waals surface area contributed by atoms with Crippen molar-refractivity contribution in [2.24, 2.45) is 5.73 Å². The maximum absolute atomic E-state index is 6.29. The predicted molar refractivity (Wildman–Crippen MR) is 85.4 cm³/mol. The SMILES string of the molecule is COCCn1ncc(Cl)c1C(N)CCCc1ccccc1. The topological polar surface area (TPSA) is 53.1 Å². The van der Waals surface area contributed by atoms with E-state index in [0.29, 0.717) is 18.2 Å². The van der Waals surface area contributed by atoms with Gasteiger partial charge in [-0.3, -0.25) is 4.68 Å². The molecule has 0 amide bonds. The van der Waals surface area contributed by atoms with Crippen LogP contribution in [0.1, 0.15) is 30.1 Å². The van der Waals surface area contributed by atoms with E-state index in [1.54, 1.807) is 13.3 Å². The number of aryl methyl sites for hydroxylation is 1. The van der Waals surface area contributed by atoms with E-state index in [2.05, 4.69) is 29.4 Å². The van der Waals surface area contributed by atoms with Crippen molar-refractivity contribution in [3.63, 3.8) is 0 Å². The average molecular weight is 308 g/mol. The smallest absolute Gasteiger partial charge is 0.0834 e. The molecule has 0 aliphatic rings. The molecule has 0 spiro atoms. The van der Waals surface area contributed by atoms with Gasteiger partial charge in [-0.25, -0.2) is 0 Å². The van der Waals surface area contributed by atoms with Gasteiger partial charge in [0.25, 0.3) is 0 Å². The van der Waals surface area contributed by atoms with Crippen molar-refractivity contribution in [2.45, 2.75) is 31.8 Å². The van der Waals surface area contributed by atoms with Crippen LogP contribution in [0.3, 0.4) is 0 Å². The Morgan fingerprint density at radius 1 is 1.33 bits per heavy atom. The molecule has 5 heteroatoms. The summed E-state index contributed by atoms with van der Waals surface area (Å²) in [6.45, 7) is 1.27. The summed E-state index contributed by atoms with van der Waals surface area (Å²) in [6, 6.07) is 10.3. The number of hydrogen-bond acceptors (Lipinski definition) is 3. The second-order valence-corrected chi connectivity index (χ2v) is 5.49. The number of ether oxygens (including phenoxy) is 1. The van der Waals surface area contributed by atoms with E-state index in [4.69, 9.17) is 22.1 Å². The molecule has 4 nitrogen and oxygen atoms in total. The predicted octanol–water partition coefficient (Wildman–Crippen LogP) is 3.21. The first kappa shape index (κ1) is 16.0. The minimum Gasteiger partial charge on any atom is -0.383 e. The fraction of sp³-hybridized carbons (Fsp3) is 0.438. The van der Waals surface area contributed by atoms with Gasteiger partial charge in [0, 0.05) is 13.2 Å². The summed E-state index contributed by atoms with van der Waals surface area (Å²) in [5.41, 5.74) is 8.53. The van der Waals surface area contributed by atoms with E-state index in [1.807, 2.05) is 10.7 Å². The van der Waals surface area contributed by atoms with Crippen LogP contribution in [0.2, 0.25) is 5.02 Å². The minimum absolute atomic E-state index is 0.0967. The van der Waals surface area contributed by atoms with Gasteiger partial charge >= 0.3 is 0 Å². The maximum atomic E-state index is 6.29. The standard InChI is InChI=1S/C16H22ClN3O/c1-21-11-10-20-16(14(17)12-19-20)15(18)9-5-8-13-6-3-2-4-7-13/h2-4,6-7,12,15H,5,8-11,18H2,1H3. The van der Waals surface area contributed by atoms with Crippen LogP contribution in [0.15, 0.2) is 36.5 Å². The van der Waals surface area contributed by atoms with Crippen molar-refractivity contribution in [1.29, 1.82) is 0 Å². The van der Waals surface area contributed by atoms with Crippen molar-refractivity contribution < 1.29 is 4.74 Å². The molecule has 0 bridgehead atoms. The van der Waals surface area contributed by atoms with Crippen LogP contribution in [0.5, 0.6) is 0 Å². The number of nitrogens with zero attached hydrogens (tertiary/aromatic N) is 2. The molecular weight excluding hydrogens is 286 g/mol. The first-order valence-electron chi connectivity index (χ1n) is 7.22. The van der Waals surface area contributed by atoms with E-state index < -0.39 is 0 Å². The summed E-state index contributed by atoms with van der Waals surface area (Å²) < 4.78 is 6.93. The highest BCUT2D eigenvalue weighted by Gasteiger charge is 2.16. The largest absolute Gasteiger partial charge is 0.383 e. The first-order valence-corrected chi connectivity index (χ1v) is 7.60. The number of methoxy groups -OCH3 is 1. The van der Waals surface area contributed by atoms with Gasteiger partial charge in [-0.05, 0) is 24.8 Å². The van der Waals surface area contributed by atoms with Crippen molar-refractivity contribution in [3.05, 3.63) is 52.8 Å². The molecule has 114 valence electrons. The van der Waals surface area contributed by atoms with E-state index in [-0.39, 0.29) is 6.04 Å². The fourth-order valence-corrected chi connectivity index (χ4v) is 2.69. The summed E-state index contributed by atoms with van der Waals surface area (Å²) >= 11 is 6.21. The quantitative estimate of drug-likeness (QED) is 0.815. The Labute approximate surface area is 130 Å². The van der Waals surface area contributed by atoms with Gasteiger partial charge in [-0.15, -0.1) is 0 Å². The highest BCUT2D eigenvalue weighted by Crippen LogP contribution is 2.24. The highest BCUT2D eigenvalue weighted by molar-refractivity contribution is 6.31. The van der Waals surface area contributed by atoms with Gasteiger partial charge in [0.05, 0.1) is 30.1 Å². The molecule has 21 heavy (non-hydrogen) atoms. The zero-order valence-corrected chi connectivity index (χ0v) is 13.1. The molecule has 0 saturated heterocycles. The van der Waals surface area contributed by atoms with Crippen LogP contribution in [-0.2, 0) is 17.7 Å². The van der Waals surface area contributed by atoms with E-state index in [0.717, 1.165) is 25.0 Å². The van der Waals surface area contributed by atoms with Crippen molar-refractivity contribution in [1.82, 2.24) is 9.78 Å². The van der Waals surface area contributed by atoms with Gasteiger partial charge in [0.15, 0.2) is 0 Å². The summed E-state index contributed by atoms with van der Waals surface area (Å²) in [4.78, 5) is 0. The van der Waals surface area contributed by atoms with Crippen molar-refractivity contribution in [2.75, 3.05) is 13.7 Å². The zero-order chi connectivity index (χ0) is 15.1. The van der Waals surface area contributed by atoms with Crippen molar-refractivity contribution in [3.8, 4) is 0 Å². The number of hydrogen-bond donors (Lipinski definition) is 1. The number of aromatic nitrogens is 2. The van der Waals surface area contributed by atoms with Gasteiger partial charge in [0.1, 0.15) is 0 Å². The Morgan fingerprint density at radius 2 is 2.10 bits per heavy atom. The Balaban J connectivity index is 1.90. The first-order chi connectivity index (χ1) is 10.2. The molecule has 0 saturated carbocycles. The number of nitrogens with two attached hydrogens (primary N) is 1. The summed E-state index contributed by atoms with van der Waals surface area (Å²) in [7, 11) is 1.67. The van der Waals surface area contributed by atoms with Crippen LogP contribution in [0.4, 0.5) is 0 Å². The lowest BCUT2D eigenvalue weighted by Crippen LogP contribution is -2.18. The Hall–Kier alpha value is -1.36. The summed E-state index contributed by atoms with van der Waals surface area (Å²) in [6.07, 6.45) is 4.59. The molecule has 0 radical (unpaired) electrons. The summed E-state index contributed by atoms with van der Waals surface area (Å²) in [5.74, 6) is 0. The van der Waals surface area contributed by atoms with E-state index in [9.17, 15) is 0 Å². The van der Waals surface area contributed by atoms with Gasteiger partial charge in [0.2, 0.25) is 0 Å². The molecule has 0 fully saturated rings. The normalized spacial score (nSPS) is 12.5. The van der Waals surface area contributed by atoms with Crippen LogP contribution < -0.4 is 5.73 Å². The average Bonchev–Trinajstić information content (AvgIpc) is 2.87. The molecule has 1 aromatic heterocycles. The molecule has 0 aliphatic carbocycles. The molecule has 1 aromatic carbocycles. The Kier molecular flexibility index (Phi) is 6.23. The second-order valence-electron chi connectivity index (χ2n) is 5.08. The Morgan fingerprint density at radius 3 is 2.81 bits per heavy atom. The lowest BCUT2D eigenvalue weighted by atomic mass is 10.0. The minimum atomic E-state index is -0.0967. The molecular formula is C16H22ClN3O. The molecule has 2 aromatic rings. The lowest BCUT2D eigenvalue weighted by Gasteiger charge is -2.15. The van der Waals surface area contributed by atoms with E-state index >= 15 is 0 Å². The fourth-order valence-electron chi connectivity index (χ4n) is 2.40. The molecule has 1 atom stereocenters. The molecule has 1 heterocycles. The number of rotatable bonds is 8. The Bertz CT molecular complexity index is 542. The van der Waals surface area contributed by atoms with Crippen LogP contribution >= 0.6 is 11.6 Å². The van der Waals surface area contributed by atoms with E-state index in [1.165, 1.54) is 5.56 Å². The highest BCUT2D eigenvalue weighted by atomic mass is 35.5. The van der Waals surface area contributed by atoms with Gasteiger partial charge in [-0.1, -0.05) is 41.9 Å². The van der Waals surface area contributed by atoms with Crippen LogP contribution in [0, 0.1) is 0 Å².